The fourth-order valence-corrected chi connectivity index (χ4v) is 1.58. The molecule has 70 valence electrons. The Morgan fingerprint density at radius 3 is 2.58 bits per heavy atom. The molecule has 1 saturated carbocycles. The fourth-order valence-electron chi connectivity index (χ4n) is 1.58. The van der Waals surface area contributed by atoms with Crippen LogP contribution in [0.25, 0.3) is 0 Å². The molecule has 1 aliphatic carbocycles. The minimum atomic E-state index is -1.50. The van der Waals surface area contributed by atoms with Gasteiger partial charge in [-0.25, -0.2) is 0 Å². The van der Waals surface area contributed by atoms with E-state index in [9.17, 15) is 8.78 Å². The predicted molar refractivity (Wildman–Crippen MR) is 46.0 cm³/mol. The second-order valence-electron chi connectivity index (χ2n) is 3.60. The van der Waals surface area contributed by atoms with Crippen molar-refractivity contribution in [3.8, 4) is 0 Å². The second kappa shape index (κ2) is 4.58. The fraction of sp³-hybridized carbons (Fsp3) is 0.800. The van der Waals surface area contributed by atoms with Crippen LogP contribution < -0.4 is 0 Å². The van der Waals surface area contributed by atoms with E-state index in [1.165, 1.54) is 0 Å². The summed E-state index contributed by atoms with van der Waals surface area (Å²) in [6.45, 7) is 2.10. The molecule has 0 aliphatic heterocycles. The van der Waals surface area contributed by atoms with E-state index in [-0.39, 0.29) is 5.92 Å². The minimum Gasteiger partial charge on any atom is -0.174 e. The monoisotopic (exact) mass is 174 g/mol. The molecule has 0 aromatic carbocycles. The second-order valence-corrected chi connectivity index (χ2v) is 3.60. The van der Waals surface area contributed by atoms with Crippen molar-refractivity contribution < 1.29 is 8.78 Å². The van der Waals surface area contributed by atoms with Gasteiger partial charge in [0.2, 0.25) is 0 Å². The summed E-state index contributed by atoms with van der Waals surface area (Å²) in [7, 11) is 0. The summed E-state index contributed by atoms with van der Waals surface area (Å²) in [6, 6.07) is 0. The average Bonchev–Trinajstić information content (AvgIpc) is 2.79. The number of allylic oxidation sites excluding steroid dienone is 1. The highest BCUT2D eigenvalue weighted by molar-refractivity contribution is 4.96. The molecule has 0 amide bonds. The van der Waals surface area contributed by atoms with Gasteiger partial charge in [-0.1, -0.05) is 19.8 Å². The van der Waals surface area contributed by atoms with Gasteiger partial charge in [0, 0.05) is 0 Å². The summed E-state index contributed by atoms with van der Waals surface area (Å²) in [5.74, 6) is 0.730. The summed E-state index contributed by atoms with van der Waals surface area (Å²) in [4.78, 5) is 0. The van der Waals surface area contributed by atoms with Crippen LogP contribution in [0.3, 0.4) is 0 Å². The van der Waals surface area contributed by atoms with Crippen molar-refractivity contribution in [1.29, 1.82) is 0 Å². The molecule has 1 fully saturated rings. The van der Waals surface area contributed by atoms with Crippen molar-refractivity contribution in [3.05, 3.63) is 12.2 Å². The lowest BCUT2D eigenvalue weighted by Gasteiger charge is -2.08. The molecule has 0 heterocycles. The molecule has 2 heteroatoms. The minimum absolute atomic E-state index is 0.162. The summed E-state index contributed by atoms with van der Waals surface area (Å²) in [5, 5.41) is 0. The Morgan fingerprint density at radius 1 is 1.50 bits per heavy atom. The van der Waals surface area contributed by atoms with Gasteiger partial charge in [0.25, 0.3) is 6.08 Å². The topological polar surface area (TPSA) is 0 Å². The molecular formula is C10H16F2. The van der Waals surface area contributed by atoms with Crippen molar-refractivity contribution >= 4 is 0 Å². The Labute approximate surface area is 72.7 Å². The Bertz CT molecular complexity index is 155. The van der Waals surface area contributed by atoms with Crippen LogP contribution in [0.2, 0.25) is 0 Å². The average molecular weight is 174 g/mol. The first-order chi connectivity index (χ1) is 5.74. The van der Waals surface area contributed by atoms with E-state index in [1.807, 2.05) is 0 Å². The van der Waals surface area contributed by atoms with E-state index in [2.05, 4.69) is 6.92 Å². The number of hydrogen-bond acceptors (Lipinski definition) is 0. The normalized spacial score (nSPS) is 18.9. The highest BCUT2D eigenvalue weighted by atomic mass is 19.3. The van der Waals surface area contributed by atoms with Crippen molar-refractivity contribution in [3.63, 3.8) is 0 Å². The summed E-state index contributed by atoms with van der Waals surface area (Å²) in [5.41, 5.74) is 0. The lowest BCUT2D eigenvalue weighted by atomic mass is 9.97. The van der Waals surface area contributed by atoms with Gasteiger partial charge in [0.05, 0.1) is 0 Å². The molecule has 0 bridgehead atoms. The van der Waals surface area contributed by atoms with Crippen molar-refractivity contribution in [2.24, 2.45) is 11.8 Å². The lowest BCUT2D eigenvalue weighted by molar-refractivity contribution is 0.394. The van der Waals surface area contributed by atoms with Crippen LogP contribution in [0.15, 0.2) is 12.2 Å². The lowest BCUT2D eigenvalue weighted by Crippen LogP contribution is -1.99. The van der Waals surface area contributed by atoms with Crippen LogP contribution in [0.1, 0.15) is 39.0 Å². The van der Waals surface area contributed by atoms with Gasteiger partial charge in [-0.3, -0.25) is 0 Å². The van der Waals surface area contributed by atoms with E-state index in [1.54, 1.807) is 0 Å². The van der Waals surface area contributed by atoms with E-state index in [0.29, 0.717) is 5.92 Å². The standard InChI is InChI=1S/C10H16F2/c1-2-3-4-9(7-10(11)12)8-5-6-8/h7-9H,2-6H2,1H3. The van der Waals surface area contributed by atoms with Crippen LogP contribution in [0, 0.1) is 11.8 Å². The molecule has 0 nitrogen and oxygen atoms in total. The SMILES string of the molecule is CCCCC(C=C(F)F)C1CC1. The highest BCUT2D eigenvalue weighted by Crippen LogP contribution is 2.40. The van der Waals surface area contributed by atoms with Gasteiger partial charge in [-0.2, -0.15) is 8.78 Å². The molecule has 1 unspecified atom stereocenters. The maximum absolute atomic E-state index is 12.0. The van der Waals surface area contributed by atoms with Gasteiger partial charge in [0.15, 0.2) is 0 Å². The molecular weight excluding hydrogens is 158 g/mol. The third kappa shape index (κ3) is 3.33. The zero-order chi connectivity index (χ0) is 8.97. The zero-order valence-electron chi connectivity index (χ0n) is 7.52. The third-order valence-corrected chi connectivity index (χ3v) is 2.46. The molecule has 0 spiro atoms. The van der Waals surface area contributed by atoms with E-state index < -0.39 is 6.08 Å². The molecule has 0 radical (unpaired) electrons. The Morgan fingerprint density at radius 2 is 2.17 bits per heavy atom. The van der Waals surface area contributed by atoms with Gasteiger partial charge < -0.3 is 0 Å². The number of halogens is 2. The smallest absolute Gasteiger partial charge is 0.174 e. The van der Waals surface area contributed by atoms with Crippen LogP contribution >= 0.6 is 0 Å². The number of hydrogen-bond donors (Lipinski definition) is 0. The van der Waals surface area contributed by atoms with Crippen LogP contribution in [-0.4, -0.2) is 0 Å². The maximum Gasteiger partial charge on any atom is 0.266 e. The van der Waals surface area contributed by atoms with Crippen LogP contribution in [0.5, 0.6) is 0 Å². The van der Waals surface area contributed by atoms with E-state index in [4.69, 9.17) is 0 Å². The molecule has 0 aromatic heterocycles. The van der Waals surface area contributed by atoms with Gasteiger partial charge in [-0.15, -0.1) is 0 Å². The Kier molecular flexibility index (Phi) is 3.70. The van der Waals surface area contributed by atoms with Crippen LogP contribution in [-0.2, 0) is 0 Å². The van der Waals surface area contributed by atoms with E-state index >= 15 is 0 Å². The first-order valence-corrected chi connectivity index (χ1v) is 4.77. The number of rotatable bonds is 5. The molecule has 0 saturated heterocycles. The largest absolute Gasteiger partial charge is 0.266 e. The summed E-state index contributed by atoms with van der Waals surface area (Å²) < 4.78 is 23.9. The third-order valence-electron chi connectivity index (χ3n) is 2.46. The van der Waals surface area contributed by atoms with Gasteiger partial charge >= 0.3 is 0 Å². The molecule has 0 N–H and O–H groups in total. The zero-order valence-corrected chi connectivity index (χ0v) is 7.52. The quantitative estimate of drug-likeness (QED) is 0.591. The molecule has 1 atom stereocenters. The molecule has 1 rings (SSSR count). The maximum atomic E-state index is 12.0. The Balaban J connectivity index is 2.32. The summed E-state index contributed by atoms with van der Waals surface area (Å²) in [6.07, 6.45) is 5.08. The Hall–Kier alpha value is -0.400. The van der Waals surface area contributed by atoms with Crippen molar-refractivity contribution in [2.75, 3.05) is 0 Å². The molecule has 1 aliphatic rings. The van der Waals surface area contributed by atoms with Gasteiger partial charge in [0.1, 0.15) is 0 Å². The first-order valence-electron chi connectivity index (χ1n) is 4.77. The first kappa shape index (κ1) is 9.69. The predicted octanol–water partition coefficient (Wildman–Crippen LogP) is 3.98. The van der Waals surface area contributed by atoms with Crippen LogP contribution in [0.4, 0.5) is 8.78 Å². The molecule has 12 heavy (non-hydrogen) atoms. The number of unbranched alkanes of at least 4 members (excludes halogenated alkanes) is 1. The van der Waals surface area contributed by atoms with Crippen molar-refractivity contribution in [2.45, 2.75) is 39.0 Å². The molecule has 0 aromatic rings. The van der Waals surface area contributed by atoms with Crippen molar-refractivity contribution in [1.82, 2.24) is 0 Å². The van der Waals surface area contributed by atoms with E-state index in [0.717, 1.165) is 38.2 Å². The highest BCUT2D eigenvalue weighted by Gasteiger charge is 2.29. The van der Waals surface area contributed by atoms with Gasteiger partial charge in [-0.05, 0) is 37.2 Å². The summed E-state index contributed by atoms with van der Waals surface area (Å²) >= 11 is 0.